The average molecular weight is 289 g/mol. The summed E-state index contributed by atoms with van der Waals surface area (Å²) in [6, 6.07) is 10.4. The predicted octanol–water partition coefficient (Wildman–Crippen LogP) is 5.08. The van der Waals surface area contributed by atoms with E-state index in [0.717, 1.165) is 13.0 Å². The normalized spacial score (nSPS) is 12.7. The van der Waals surface area contributed by atoms with E-state index < -0.39 is 0 Å². The van der Waals surface area contributed by atoms with Gasteiger partial charge < -0.3 is 5.32 Å². The Morgan fingerprint density at radius 1 is 1.30 bits per heavy atom. The second-order valence-electron chi connectivity index (χ2n) is 4.06. The first-order chi connectivity index (χ1) is 9.77. The number of nitrogens with one attached hydrogen (secondary N) is 1. The highest BCUT2D eigenvalue weighted by atomic mass is 31.0. The van der Waals surface area contributed by atoms with Gasteiger partial charge in [-0.1, -0.05) is 82.0 Å². The Kier molecular flexibility index (Phi) is 12.1. The van der Waals surface area contributed by atoms with Crippen molar-refractivity contribution >= 4 is 9.24 Å². The Morgan fingerprint density at radius 3 is 2.50 bits per heavy atom. The van der Waals surface area contributed by atoms with Crippen LogP contribution in [0.15, 0.2) is 66.8 Å². The van der Waals surface area contributed by atoms with Crippen LogP contribution >= 0.6 is 9.24 Å². The van der Waals surface area contributed by atoms with E-state index in [4.69, 9.17) is 0 Å². The zero-order valence-corrected chi connectivity index (χ0v) is 14.1. The fraction of sp³-hybridized carbons (Fsp3) is 0.333. The van der Waals surface area contributed by atoms with E-state index in [2.05, 4.69) is 64.5 Å². The molecule has 0 aromatic heterocycles. The molecule has 0 saturated heterocycles. The van der Waals surface area contributed by atoms with Crippen molar-refractivity contribution in [2.24, 2.45) is 0 Å². The van der Waals surface area contributed by atoms with E-state index in [1.165, 1.54) is 11.1 Å². The lowest BCUT2D eigenvalue weighted by Crippen LogP contribution is -2.24. The summed E-state index contributed by atoms with van der Waals surface area (Å²) >= 11 is 0. The minimum atomic E-state index is 0.242. The van der Waals surface area contributed by atoms with Crippen LogP contribution < -0.4 is 5.32 Å². The first-order valence-corrected chi connectivity index (χ1v) is 7.96. The topological polar surface area (TPSA) is 12.0 Å². The van der Waals surface area contributed by atoms with Crippen molar-refractivity contribution < 1.29 is 0 Å². The molecular weight excluding hydrogens is 261 g/mol. The van der Waals surface area contributed by atoms with Crippen molar-refractivity contribution in [3.05, 3.63) is 72.4 Å². The van der Waals surface area contributed by atoms with E-state index in [9.17, 15) is 0 Å². The van der Waals surface area contributed by atoms with E-state index in [0.29, 0.717) is 0 Å². The van der Waals surface area contributed by atoms with Crippen molar-refractivity contribution in [1.29, 1.82) is 0 Å². The molecule has 20 heavy (non-hydrogen) atoms. The van der Waals surface area contributed by atoms with Gasteiger partial charge in [-0.25, -0.2) is 0 Å². The van der Waals surface area contributed by atoms with E-state index in [1.54, 1.807) is 0 Å². The summed E-state index contributed by atoms with van der Waals surface area (Å²) < 4.78 is 0. The number of allylic oxidation sites excluding steroid dienone is 3. The van der Waals surface area contributed by atoms with Crippen molar-refractivity contribution in [3.63, 3.8) is 0 Å². The van der Waals surface area contributed by atoms with Crippen LogP contribution in [-0.4, -0.2) is 5.78 Å². The molecule has 0 radical (unpaired) electrons. The molecule has 0 amide bonds. The van der Waals surface area contributed by atoms with Gasteiger partial charge in [-0.15, -0.1) is 9.24 Å². The van der Waals surface area contributed by atoms with Gasteiger partial charge in [-0.2, -0.15) is 0 Å². The zero-order valence-electron chi connectivity index (χ0n) is 13.0. The number of benzene rings is 1. The van der Waals surface area contributed by atoms with Crippen molar-refractivity contribution in [2.75, 3.05) is 0 Å². The van der Waals surface area contributed by atoms with Crippen LogP contribution in [0.4, 0.5) is 0 Å². The Hall–Kier alpha value is -1.17. The van der Waals surface area contributed by atoms with Gasteiger partial charge in [0, 0.05) is 12.3 Å². The molecule has 0 aliphatic carbocycles. The summed E-state index contributed by atoms with van der Waals surface area (Å²) in [5.74, 6) is 0.242. The summed E-state index contributed by atoms with van der Waals surface area (Å²) in [7, 11) is 2.83. The van der Waals surface area contributed by atoms with E-state index >= 15 is 0 Å². The summed E-state index contributed by atoms with van der Waals surface area (Å²) in [5, 5.41) is 3.49. The molecule has 0 fully saturated rings. The Bertz CT molecular complexity index is 407. The molecule has 110 valence electrons. The van der Waals surface area contributed by atoms with Crippen molar-refractivity contribution in [3.8, 4) is 0 Å². The zero-order chi connectivity index (χ0) is 15.2. The van der Waals surface area contributed by atoms with Crippen LogP contribution in [-0.2, 0) is 6.54 Å². The van der Waals surface area contributed by atoms with Crippen LogP contribution in [0.1, 0.15) is 32.8 Å². The second kappa shape index (κ2) is 12.8. The molecule has 1 aromatic carbocycles. The molecule has 2 unspecified atom stereocenters. The molecule has 1 aromatic rings. The summed E-state index contributed by atoms with van der Waals surface area (Å²) in [5.41, 5.74) is 2.52. The lowest BCUT2D eigenvalue weighted by Gasteiger charge is -2.15. The monoisotopic (exact) mass is 289 g/mol. The standard InChI is InChI=1S/C16H22NP.C2H6/c1-3-5-12-15(9-4-2)16(18)17-13-14-10-7-6-8-11-14;1-2/h4-12,16-17H,2-3,13,18H2,1H3;1-2H3/b12-5-,15-9+;. The van der Waals surface area contributed by atoms with Crippen LogP contribution in [0.3, 0.4) is 0 Å². The van der Waals surface area contributed by atoms with Gasteiger partial charge >= 0.3 is 0 Å². The molecule has 0 aliphatic heterocycles. The number of hydrogen-bond donors (Lipinski definition) is 1. The van der Waals surface area contributed by atoms with Crippen LogP contribution in [0.2, 0.25) is 0 Å². The molecule has 0 heterocycles. The smallest absolute Gasteiger partial charge is 0.0466 e. The fourth-order valence-electron chi connectivity index (χ4n) is 1.59. The Morgan fingerprint density at radius 2 is 1.95 bits per heavy atom. The number of rotatable bonds is 7. The van der Waals surface area contributed by atoms with Crippen molar-refractivity contribution in [1.82, 2.24) is 5.32 Å². The largest absolute Gasteiger partial charge is 0.303 e. The lowest BCUT2D eigenvalue weighted by atomic mass is 10.2. The molecule has 1 rings (SSSR count). The number of hydrogen-bond acceptors (Lipinski definition) is 1. The third kappa shape index (κ3) is 8.09. The van der Waals surface area contributed by atoms with E-state index in [1.807, 2.05) is 32.1 Å². The molecule has 1 nitrogen and oxygen atoms in total. The third-order valence-corrected chi connectivity index (χ3v) is 3.20. The van der Waals surface area contributed by atoms with Gasteiger partial charge in [0.05, 0.1) is 0 Å². The maximum absolute atomic E-state index is 3.76. The van der Waals surface area contributed by atoms with Crippen LogP contribution in [0, 0.1) is 0 Å². The maximum Gasteiger partial charge on any atom is 0.0466 e. The average Bonchev–Trinajstić information content (AvgIpc) is 2.52. The Balaban J connectivity index is 0.00000172. The van der Waals surface area contributed by atoms with Gasteiger partial charge in [0.25, 0.3) is 0 Å². The highest BCUT2D eigenvalue weighted by Crippen LogP contribution is 2.13. The SMILES string of the molecule is C=C/C=C(\C=C/CC)C(P)NCc1ccccc1.CC. The first-order valence-electron chi connectivity index (χ1n) is 7.30. The molecule has 0 spiro atoms. The molecule has 0 bridgehead atoms. The van der Waals surface area contributed by atoms with Gasteiger partial charge in [0.2, 0.25) is 0 Å². The summed E-state index contributed by atoms with van der Waals surface area (Å²) in [6.45, 7) is 10.8. The van der Waals surface area contributed by atoms with Gasteiger partial charge in [-0.05, 0) is 17.6 Å². The molecule has 2 atom stereocenters. The van der Waals surface area contributed by atoms with Crippen molar-refractivity contribution in [2.45, 2.75) is 39.5 Å². The first kappa shape index (κ1) is 18.8. The maximum atomic E-state index is 3.76. The molecule has 0 aliphatic rings. The van der Waals surface area contributed by atoms with Gasteiger partial charge in [0.1, 0.15) is 0 Å². The quantitative estimate of drug-likeness (QED) is 0.545. The van der Waals surface area contributed by atoms with Crippen LogP contribution in [0.25, 0.3) is 0 Å². The van der Waals surface area contributed by atoms with Gasteiger partial charge in [-0.3, -0.25) is 0 Å². The van der Waals surface area contributed by atoms with E-state index in [-0.39, 0.29) is 5.78 Å². The predicted molar refractivity (Wildman–Crippen MR) is 95.8 cm³/mol. The second-order valence-corrected chi connectivity index (χ2v) is 4.72. The Labute approximate surface area is 127 Å². The fourth-order valence-corrected chi connectivity index (χ4v) is 1.93. The lowest BCUT2D eigenvalue weighted by molar-refractivity contribution is 0.711. The minimum absolute atomic E-state index is 0.242. The summed E-state index contributed by atoms with van der Waals surface area (Å²) in [6.07, 6.45) is 9.23. The molecular formula is C18H28NP. The molecule has 0 saturated carbocycles. The highest BCUT2D eigenvalue weighted by molar-refractivity contribution is 7.18. The van der Waals surface area contributed by atoms with Gasteiger partial charge in [0.15, 0.2) is 0 Å². The third-order valence-electron chi connectivity index (χ3n) is 2.58. The molecule has 1 N–H and O–H groups in total. The highest BCUT2D eigenvalue weighted by Gasteiger charge is 2.04. The minimum Gasteiger partial charge on any atom is -0.303 e. The molecule has 2 heteroatoms. The summed E-state index contributed by atoms with van der Waals surface area (Å²) in [4.78, 5) is 0. The van der Waals surface area contributed by atoms with Crippen LogP contribution in [0.5, 0.6) is 0 Å².